The molecule has 116 valence electrons. The molecule has 3 rings (SSSR count). The standard InChI is InChI=1S/C16H20N4OS/c21-16(18-8-5-13-6-11-22-12-13)19-14-4-3-7-17-15(14)20-9-1-2-10-20/h3-4,6-7,11-12H,1-2,5,8-10H2,(H2,18,19,21). The second-order valence-corrected chi connectivity index (χ2v) is 6.11. The number of hydrogen-bond acceptors (Lipinski definition) is 4. The molecule has 2 amide bonds. The number of anilines is 2. The topological polar surface area (TPSA) is 57.3 Å². The highest BCUT2D eigenvalue weighted by molar-refractivity contribution is 7.07. The predicted molar refractivity (Wildman–Crippen MR) is 90.7 cm³/mol. The fourth-order valence-electron chi connectivity index (χ4n) is 2.60. The summed E-state index contributed by atoms with van der Waals surface area (Å²) in [5.41, 5.74) is 2.03. The molecule has 1 fully saturated rings. The normalized spacial score (nSPS) is 14.1. The first-order valence-electron chi connectivity index (χ1n) is 7.59. The molecule has 2 aromatic rings. The summed E-state index contributed by atoms with van der Waals surface area (Å²) in [5, 5.41) is 9.96. The number of hydrogen-bond donors (Lipinski definition) is 2. The Morgan fingerprint density at radius 2 is 2.18 bits per heavy atom. The van der Waals surface area contributed by atoms with Crippen LogP contribution in [0.15, 0.2) is 35.2 Å². The van der Waals surface area contributed by atoms with Crippen LogP contribution in [-0.2, 0) is 6.42 Å². The predicted octanol–water partition coefficient (Wildman–Crippen LogP) is 3.11. The Morgan fingerprint density at radius 1 is 1.32 bits per heavy atom. The minimum absolute atomic E-state index is 0.177. The number of aromatic nitrogens is 1. The second-order valence-electron chi connectivity index (χ2n) is 5.33. The highest BCUT2D eigenvalue weighted by Gasteiger charge is 2.17. The summed E-state index contributed by atoms with van der Waals surface area (Å²) in [7, 11) is 0. The first-order chi connectivity index (χ1) is 10.8. The van der Waals surface area contributed by atoms with Crippen molar-refractivity contribution in [1.82, 2.24) is 10.3 Å². The number of pyridine rings is 1. The SMILES string of the molecule is O=C(NCCc1ccsc1)Nc1cccnc1N1CCCC1. The Hall–Kier alpha value is -2.08. The van der Waals surface area contributed by atoms with E-state index in [0.717, 1.165) is 31.0 Å². The average molecular weight is 316 g/mol. The zero-order valence-electron chi connectivity index (χ0n) is 12.4. The Kier molecular flexibility index (Phi) is 4.90. The van der Waals surface area contributed by atoms with Crippen molar-refractivity contribution in [3.63, 3.8) is 0 Å². The molecule has 5 nitrogen and oxygen atoms in total. The third-order valence-corrected chi connectivity index (χ3v) is 4.45. The summed E-state index contributed by atoms with van der Waals surface area (Å²) in [5.74, 6) is 0.869. The quantitative estimate of drug-likeness (QED) is 0.891. The van der Waals surface area contributed by atoms with Gasteiger partial charge in [-0.05, 0) is 53.8 Å². The summed E-state index contributed by atoms with van der Waals surface area (Å²) in [4.78, 5) is 18.7. The summed E-state index contributed by atoms with van der Waals surface area (Å²) in [6.07, 6.45) is 4.99. The Morgan fingerprint density at radius 3 is 2.95 bits per heavy atom. The number of nitrogens with zero attached hydrogens (tertiary/aromatic N) is 2. The number of urea groups is 1. The largest absolute Gasteiger partial charge is 0.355 e. The van der Waals surface area contributed by atoms with Crippen molar-refractivity contribution in [2.24, 2.45) is 0 Å². The molecule has 0 atom stereocenters. The zero-order valence-corrected chi connectivity index (χ0v) is 13.2. The van der Waals surface area contributed by atoms with Crippen LogP contribution in [0.4, 0.5) is 16.3 Å². The molecule has 0 saturated carbocycles. The van der Waals surface area contributed by atoms with Gasteiger partial charge in [0.25, 0.3) is 0 Å². The number of thiophene rings is 1. The van der Waals surface area contributed by atoms with E-state index in [1.54, 1.807) is 17.5 Å². The Bertz CT molecular complexity index is 608. The minimum atomic E-state index is -0.177. The Balaban J connectivity index is 1.54. The van der Waals surface area contributed by atoms with Crippen LogP contribution in [0.2, 0.25) is 0 Å². The molecule has 1 saturated heterocycles. The molecule has 22 heavy (non-hydrogen) atoms. The molecular weight excluding hydrogens is 296 g/mol. The summed E-state index contributed by atoms with van der Waals surface area (Å²) >= 11 is 1.67. The van der Waals surface area contributed by atoms with Gasteiger partial charge in [0.15, 0.2) is 5.82 Å². The van der Waals surface area contributed by atoms with Gasteiger partial charge >= 0.3 is 6.03 Å². The van der Waals surface area contributed by atoms with Crippen molar-refractivity contribution < 1.29 is 4.79 Å². The van der Waals surface area contributed by atoms with Crippen molar-refractivity contribution in [2.45, 2.75) is 19.3 Å². The number of nitrogens with one attached hydrogen (secondary N) is 2. The van der Waals surface area contributed by atoms with Gasteiger partial charge in [-0.15, -0.1) is 0 Å². The lowest BCUT2D eigenvalue weighted by Gasteiger charge is -2.20. The molecule has 2 aromatic heterocycles. The van der Waals surface area contributed by atoms with Crippen molar-refractivity contribution in [1.29, 1.82) is 0 Å². The molecule has 0 spiro atoms. The number of rotatable bonds is 5. The maximum Gasteiger partial charge on any atom is 0.319 e. The minimum Gasteiger partial charge on any atom is -0.355 e. The maximum absolute atomic E-state index is 12.0. The van der Waals surface area contributed by atoms with E-state index < -0.39 is 0 Å². The van der Waals surface area contributed by atoms with E-state index in [9.17, 15) is 4.79 Å². The van der Waals surface area contributed by atoms with Crippen molar-refractivity contribution in [3.05, 3.63) is 40.7 Å². The van der Waals surface area contributed by atoms with Gasteiger partial charge < -0.3 is 15.5 Å². The second kappa shape index (κ2) is 7.26. The van der Waals surface area contributed by atoms with Crippen LogP contribution >= 0.6 is 11.3 Å². The first-order valence-corrected chi connectivity index (χ1v) is 8.53. The third-order valence-electron chi connectivity index (χ3n) is 3.72. The monoisotopic (exact) mass is 316 g/mol. The molecule has 0 aliphatic carbocycles. The third kappa shape index (κ3) is 3.76. The average Bonchev–Trinajstić information content (AvgIpc) is 3.21. The van der Waals surface area contributed by atoms with E-state index in [0.29, 0.717) is 6.54 Å². The van der Waals surface area contributed by atoms with Gasteiger partial charge in [0.1, 0.15) is 0 Å². The van der Waals surface area contributed by atoms with Crippen LogP contribution in [-0.4, -0.2) is 30.6 Å². The van der Waals surface area contributed by atoms with E-state index in [1.807, 2.05) is 17.5 Å². The van der Waals surface area contributed by atoms with Gasteiger partial charge in [0, 0.05) is 25.8 Å². The molecule has 1 aliphatic heterocycles. The fourth-order valence-corrected chi connectivity index (χ4v) is 3.30. The molecule has 6 heteroatoms. The smallest absolute Gasteiger partial charge is 0.319 e. The lowest BCUT2D eigenvalue weighted by molar-refractivity contribution is 0.252. The van der Waals surface area contributed by atoms with Gasteiger partial charge in [-0.2, -0.15) is 11.3 Å². The molecule has 1 aliphatic rings. The number of carbonyl (C=O) groups is 1. The van der Waals surface area contributed by atoms with E-state index >= 15 is 0 Å². The van der Waals surface area contributed by atoms with Gasteiger partial charge in [-0.1, -0.05) is 0 Å². The van der Waals surface area contributed by atoms with Crippen molar-refractivity contribution in [2.75, 3.05) is 29.9 Å². The van der Waals surface area contributed by atoms with Crippen LogP contribution in [0.25, 0.3) is 0 Å². The molecule has 2 N–H and O–H groups in total. The molecule has 3 heterocycles. The van der Waals surface area contributed by atoms with E-state index in [-0.39, 0.29) is 6.03 Å². The van der Waals surface area contributed by atoms with Crippen LogP contribution < -0.4 is 15.5 Å². The molecule has 0 unspecified atom stereocenters. The van der Waals surface area contributed by atoms with Crippen molar-refractivity contribution in [3.8, 4) is 0 Å². The van der Waals surface area contributed by atoms with Gasteiger partial charge in [0.05, 0.1) is 5.69 Å². The van der Waals surface area contributed by atoms with Gasteiger partial charge in [-0.25, -0.2) is 9.78 Å². The number of carbonyl (C=O) groups excluding carboxylic acids is 1. The van der Waals surface area contributed by atoms with Crippen LogP contribution in [0.5, 0.6) is 0 Å². The molecular formula is C16H20N4OS. The Labute approximate surface area is 134 Å². The molecule has 0 bridgehead atoms. The summed E-state index contributed by atoms with van der Waals surface area (Å²) < 4.78 is 0. The van der Waals surface area contributed by atoms with E-state index in [1.165, 1.54) is 18.4 Å². The number of amides is 2. The fraction of sp³-hybridized carbons (Fsp3) is 0.375. The van der Waals surface area contributed by atoms with Crippen molar-refractivity contribution >= 4 is 28.9 Å². The summed E-state index contributed by atoms with van der Waals surface area (Å²) in [6.45, 7) is 2.64. The zero-order chi connectivity index (χ0) is 15.2. The lowest BCUT2D eigenvalue weighted by Crippen LogP contribution is -2.31. The highest BCUT2D eigenvalue weighted by atomic mass is 32.1. The van der Waals surface area contributed by atoms with Crippen LogP contribution in [0.1, 0.15) is 18.4 Å². The van der Waals surface area contributed by atoms with Crippen LogP contribution in [0.3, 0.4) is 0 Å². The van der Waals surface area contributed by atoms with E-state index in [4.69, 9.17) is 0 Å². The van der Waals surface area contributed by atoms with Crippen LogP contribution in [0, 0.1) is 0 Å². The molecule has 0 radical (unpaired) electrons. The maximum atomic E-state index is 12.0. The van der Waals surface area contributed by atoms with Gasteiger partial charge in [0.2, 0.25) is 0 Å². The van der Waals surface area contributed by atoms with Gasteiger partial charge in [-0.3, -0.25) is 0 Å². The van der Waals surface area contributed by atoms with E-state index in [2.05, 4.69) is 32.0 Å². The summed E-state index contributed by atoms with van der Waals surface area (Å²) in [6, 6.07) is 5.65. The molecule has 0 aromatic carbocycles. The highest BCUT2D eigenvalue weighted by Crippen LogP contribution is 2.25. The first kappa shape index (κ1) is 14.8. The lowest BCUT2D eigenvalue weighted by atomic mass is 10.2.